The molecule has 118 valence electrons. The van der Waals surface area contributed by atoms with Gasteiger partial charge in [-0.1, -0.05) is 28.1 Å². The van der Waals surface area contributed by atoms with E-state index in [4.69, 9.17) is 4.42 Å². The Morgan fingerprint density at radius 3 is 2.87 bits per heavy atom. The molecule has 2 aromatic heterocycles. The Kier molecular flexibility index (Phi) is 4.71. The van der Waals surface area contributed by atoms with E-state index in [1.54, 1.807) is 6.20 Å². The number of rotatable bonds is 5. The van der Waals surface area contributed by atoms with Crippen LogP contribution in [0.1, 0.15) is 42.9 Å². The molecular weight excluding hydrogens is 356 g/mol. The smallest absolute Gasteiger partial charge is 0.240 e. The van der Waals surface area contributed by atoms with Crippen LogP contribution in [0.25, 0.3) is 12.2 Å². The lowest BCUT2D eigenvalue weighted by Crippen LogP contribution is -2.04. The third-order valence-electron chi connectivity index (χ3n) is 3.31. The maximum Gasteiger partial charge on any atom is 0.240 e. The average molecular weight is 373 g/mol. The SMILES string of the molecule is CC(C)n1nccc1/C=C/c1nnc(Cc2cccc(Br)c2)o1. The molecule has 0 atom stereocenters. The highest BCUT2D eigenvalue weighted by Crippen LogP contribution is 2.16. The standard InChI is InChI=1S/C17H17BrN4O/c1-12(2)22-15(8-9-19-22)6-7-16-20-21-17(23-16)11-13-4-3-5-14(18)10-13/h3-10,12H,11H2,1-2H3/b7-6+. The van der Waals surface area contributed by atoms with Crippen molar-refractivity contribution in [3.05, 3.63) is 64.0 Å². The first kappa shape index (κ1) is 15.7. The Labute approximate surface area is 143 Å². The lowest BCUT2D eigenvalue weighted by Gasteiger charge is -2.07. The Morgan fingerprint density at radius 1 is 1.22 bits per heavy atom. The highest BCUT2D eigenvalue weighted by Gasteiger charge is 2.06. The molecule has 23 heavy (non-hydrogen) atoms. The molecule has 3 aromatic rings. The predicted molar refractivity (Wildman–Crippen MR) is 92.8 cm³/mol. The summed E-state index contributed by atoms with van der Waals surface area (Å²) in [5.74, 6) is 1.09. The summed E-state index contributed by atoms with van der Waals surface area (Å²) < 4.78 is 8.65. The molecule has 0 bridgehead atoms. The van der Waals surface area contributed by atoms with Crippen molar-refractivity contribution in [2.45, 2.75) is 26.3 Å². The van der Waals surface area contributed by atoms with Crippen LogP contribution in [0.4, 0.5) is 0 Å². The van der Waals surface area contributed by atoms with Crippen molar-refractivity contribution in [1.29, 1.82) is 0 Å². The van der Waals surface area contributed by atoms with Gasteiger partial charge < -0.3 is 4.42 Å². The lowest BCUT2D eigenvalue weighted by molar-refractivity contribution is 0.496. The number of nitrogens with zero attached hydrogens (tertiary/aromatic N) is 4. The number of benzene rings is 1. The first-order valence-electron chi connectivity index (χ1n) is 7.40. The molecule has 2 heterocycles. The van der Waals surface area contributed by atoms with E-state index >= 15 is 0 Å². The van der Waals surface area contributed by atoms with E-state index in [2.05, 4.69) is 45.1 Å². The molecule has 0 saturated heterocycles. The van der Waals surface area contributed by atoms with Crippen molar-refractivity contribution in [2.24, 2.45) is 0 Å². The minimum Gasteiger partial charge on any atom is -0.421 e. The van der Waals surface area contributed by atoms with Crippen LogP contribution in [0, 0.1) is 0 Å². The van der Waals surface area contributed by atoms with Crippen molar-refractivity contribution in [1.82, 2.24) is 20.0 Å². The van der Waals surface area contributed by atoms with Crippen LogP contribution in [0.15, 0.2) is 45.4 Å². The van der Waals surface area contributed by atoms with E-state index in [-0.39, 0.29) is 0 Å². The quantitative estimate of drug-likeness (QED) is 0.666. The van der Waals surface area contributed by atoms with Gasteiger partial charge in [-0.3, -0.25) is 4.68 Å². The van der Waals surface area contributed by atoms with E-state index in [1.807, 2.05) is 47.2 Å². The summed E-state index contributed by atoms with van der Waals surface area (Å²) >= 11 is 3.46. The largest absolute Gasteiger partial charge is 0.421 e. The summed E-state index contributed by atoms with van der Waals surface area (Å²) in [6.45, 7) is 4.18. The molecule has 0 N–H and O–H groups in total. The van der Waals surface area contributed by atoms with Gasteiger partial charge in [0, 0.05) is 22.8 Å². The van der Waals surface area contributed by atoms with E-state index in [1.165, 1.54) is 0 Å². The van der Waals surface area contributed by atoms with Crippen molar-refractivity contribution >= 4 is 28.1 Å². The first-order valence-corrected chi connectivity index (χ1v) is 8.19. The van der Waals surface area contributed by atoms with Crippen LogP contribution >= 0.6 is 15.9 Å². The van der Waals surface area contributed by atoms with Crippen LogP contribution in [0.2, 0.25) is 0 Å². The van der Waals surface area contributed by atoms with Gasteiger partial charge in [-0.25, -0.2) is 0 Å². The van der Waals surface area contributed by atoms with Crippen LogP contribution in [0.3, 0.4) is 0 Å². The maximum atomic E-state index is 5.67. The molecule has 0 aliphatic carbocycles. The fraction of sp³-hybridized carbons (Fsp3) is 0.235. The molecule has 3 rings (SSSR count). The summed E-state index contributed by atoms with van der Waals surface area (Å²) in [6.07, 6.45) is 6.15. The Balaban J connectivity index is 1.72. The van der Waals surface area contributed by atoms with Gasteiger partial charge in [0.25, 0.3) is 0 Å². The van der Waals surface area contributed by atoms with E-state index in [0.29, 0.717) is 24.2 Å². The molecule has 5 nitrogen and oxygen atoms in total. The molecule has 0 saturated carbocycles. The molecule has 1 aromatic carbocycles. The minimum atomic E-state index is 0.305. The van der Waals surface area contributed by atoms with Crippen molar-refractivity contribution in [2.75, 3.05) is 0 Å². The fourth-order valence-corrected chi connectivity index (χ4v) is 2.72. The number of hydrogen-bond donors (Lipinski definition) is 0. The maximum absolute atomic E-state index is 5.67. The zero-order chi connectivity index (χ0) is 16.2. The van der Waals surface area contributed by atoms with Gasteiger partial charge in [-0.2, -0.15) is 5.10 Å². The molecule has 0 amide bonds. The molecular formula is C17H17BrN4O. The van der Waals surface area contributed by atoms with Gasteiger partial charge in [0.1, 0.15) is 0 Å². The zero-order valence-corrected chi connectivity index (χ0v) is 14.6. The van der Waals surface area contributed by atoms with Crippen molar-refractivity contribution < 1.29 is 4.42 Å². The molecule has 0 unspecified atom stereocenters. The molecule has 0 aliphatic heterocycles. The third kappa shape index (κ3) is 3.96. The van der Waals surface area contributed by atoms with Crippen LogP contribution < -0.4 is 0 Å². The highest BCUT2D eigenvalue weighted by molar-refractivity contribution is 9.10. The molecule has 0 aliphatic rings. The van der Waals surface area contributed by atoms with E-state index < -0.39 is 0 Å². The topological polar surface area (TPSA) is 56.7 Å². The van der Waals surface area contributed by atoms with E-state index in [9.17, 15) is 0 Å². The van der Waals surface area contributed by atoms with E-state index in [0.717, 1.165) is 15.7 Å². The summed E-state index contributed by atoms with van der Waals surface area (Å²) in [5, 5.41) is 12.4. The van der Waals surface area contributed by atoms with Crippen molar-refractivity contribution in [3.63, 3.8) is 0 Å². The first-order chi connectivity index (χ1) is 11.1. The zero-order valence-electron chi connectivity index (χ0n) is 13.0. The molecule has 6 heteroatoms. The third-order valence-corrected chi connectivity index (χ3v) is 3.81. The monoisotopic (exact) mass is 372 g/mol. The van der Waals surface area contributed by atoms with Gasteiger partial charge in [-0.05, 0) is 43.7 Å². The second kappa shape index (κ2) is 6.91. The second-order valence-corrected chi connectivity index (χ2v) is 6.38. The Bertz CT molecular complexity index is 819. The van der Waals surface area contributed by atoms with Crippen LogP contribution in [0.5, 0.6) is 0 Å². The minimum absolute atomic E-state index is 0.305. The van der Waals surface area contributed by atoms with Gasteiger partial charge in [-0.15, -0.1) is 10.2 Å². The normalized spacial score (nSPS) is 11.7. The Hall–Kier alpha value is -2.21. The summed E-state index contributed by atoms with van der Waals surface area (Å²) in [4.78, 5) is 0. The summed E-state index contributed by atoms with van der Waals surface area (Å²) in [5.41, 5.74) is 2.13. The number of aromatic nitrogens is 4. The molecule has 0 fully saturated rings. The van der Waals surface area contributed by atoms with Crippen LogP contribution in [-0.2, 0) is 6.42 Å². The van der Waals surface area contributed by atoms with Gasteiger partial charge in [0.15, 0.2) is 0 Å². The number of halogens is 1. The van der Waals surface area contributed by atoms with Crippen LogP contribution in [-0.4, -0.2) is 20.0 Å². The molecule has 0 spiro atoms. The fourth-order valence-electron chi connectivity index (χ4n) is 2.27. The summed E-state index contributed by atoms with van der Waals surface area (Å²) in [6, 6.07) is 10.3. The van der Waals surface area contributed by atoms with Gasteiger partial charge >= 0.3 is 0 Å². The van der Waals surface area contributed by atoms with Gasteiger partial charge in [0.05, 0.1) is 12.1 Å². The Morgan fingerprint density at radius 2 is 2.09 bits per heavy atom. The highest BCUT2D eigenvalue weighted by atomic mass is 79.9. The molecule has 0 radical (unpaired) electrons. The predicted octanol–water partition coefficient (Wildman–Crippen LogP) is 4.37. The lowest BCUT2D eigenvalue weighted by atomic mass is 10.1. The summed E-state index contributed by atoms with van der Waals surface area (Å²) in [7, 11) is 0. The average Bonchev–Trinajstić information content (AvgIpc) is 3.14. The number of hydrogen-bond acceptors (Lipinski definition) is 4. The van der Waals surface area contributed by atoms with Crippen molar-refractivity contribution in [3.8, 4) is 0 Å². The van der Waals surface area contributed by atoms with Gasteiger partial charge in [0.2, 0.25) is 11.8 Å². The second-order valence-electron chi connectivity index (χ2n) is 5.47.